The number of rotatable bonds is 9. The molecule has 1 aromatic rings. The molecule has 1 rings (SSSR count). The van der Waals surface area contributed by atoms with Gasteiger partial charge < -0.3 is 10.6 Å². The van der Waals surface area contributed by atoms with Crippen LogP contribution in [0, 0.1) is 0 Å². The van der Waals surface area contributed by atoms with Crippen LogP contribution >= 0.6 is 0 Å². The Morgan fingerprint density at radius 1 is 1.09 bits per heavy atom. The summed E-state index contributed by atoms with van der Waals surface area (Å²) in [6.45, 7) is 9.03. The minimum absolute atomic E-state index is 0.193. The van der Waals surface area contributed by atoms with Crippen molar-refractivity contribution in [2.75, 3.05) is 20.1 Å². The van der Waals surface area contributed by atoms with E-state index >= 15 is 0 Å². The number of primary amides is 1. The molecule has 0 spiro atoms. The van der Waals surface area contributed by atoms with Crippen LogP contribution in [-0.4, -0.2) is 47.8 Å². The topological polar surface area (TPSA) is 66.6 Å². The number of hydrogen-bond acceptors (Lipinski definition) is 3. The van der Waals surface area contributed by atoms with Crippen molar-refractivity contribution in [2.45, 2.75) is 46.2 Å². The van der Waals surface area contributed by atoms with Crippen molar-refractivity contribution in [3.63, 3.8) is 0 Å². The molecule has 2 amide bonds. The molecule has 0 unspecified atom stereocenters. The highest BCUT2D eigenvalue weighted by molar-refractivity contribution is 5.97. The Morgan fingerprint density at radius 3 is 2.04 bits per heavy atom. The molecule has 0 aromatic heterocycles. The van der Waals surface area contributed by atoms with Crippen molar-refractivity contribution >= 4 is 11.8 Å². The lowest BCUT2D eigenvalue weighted by atomic mass is 10.1. The predicted molar refractivity (Wildman–Crippen MR) is 93.1 cm³/mol. The third-order valence-corrected chi connectivity index (χ3v) is 4.00. The Bertz CT molecular complexity index is 508. The Kier molecular flexibility index (Phi) is 7.75. The summed E-state index contributed by atoms with van der Waals surface area (Å²) in [7, 11) is 1.59. The van der Waals surface area contributed by atoms with Crippen LogP contribution in [0.25, 0.3) is 0 Å². The summed E-state index contributed by atoms with van der Waals surface area (Å²) in [5.41, 5.74) is 7.01. The van der Waals surface area contributed by atoms with Gasteiger partial charge in [-0.3, -0.25) is 14.5 Å². The average molecular weight is 319 g/mol. The Labute approximate surface area is 139 Å². The Balaban J connectivity index is 2.75. The smallest absolute Gasteiger partial charge is 0.254 e. The number of carbonyl (C=O) groups excluding carboxylic acids is 2. The molecule has 0 aliphatic heterocycles. The van der Waals surface area contributed by atoms with Gasteiger partial charge in [0, 0.05) is 19.2 Å². The Morgan fingerprint density at radius 2 is 1.61 bits per heavy atom. The molecule has 128 valence electrons. The van der Waals surface area contributed by atoms with Gasteiger partial charge in [0.25, 0.3) is 5.91 Å². The van der Waals surface area contributed by atoms with E-state index in [1.807, 2.05) is 24.3 Å². The maximum Gasteiger partial charge on any atom is 0.254 e. The predicted octanol–water partition coefficient (Wildman–Crippen LogP) is 2.25. The van der Waals surface area contributed by atoms with Crippen LogP contribution in [0.4, 0.5) is 0 Å². The molecule has 1 aromatic carbocycles. The van der Waals surface area contributed by atoms with E-state index < -0.39 is 11.9 Å². The normalized spacial score (nSPS) is 12.2. The fourth-order valence-electron chi connectivity index (χ4n) is 2.48. The average Bonchev–Trinajstić information content (AvgIpc) is 2.54. The van der Waals surface area contributed by atoms with Crippen LogP contribution in [0.2, 0.25) is 0 Å². The van der Waals surface area contributed by atoms with E-state index in [4.69, 9.17) is 5.73 Å². The third-order valence-electron chi connectivity index (χ3n) is 4.00. The van der Waals surface area contributed by atoms with E-state index in [1.165, 1.54) is 10.5 Å². The quantitative estimate of drug-likeness (QED) is 0.759. The minimum Gasteiger partial charge on any atom is -0.368 e. The van der Waals surface area contributed by atoms with Crippen molar-refractivity contribution in [1.82, 2.24) is 9.80 Å². The number of benzene rings is 1. The second kappa shape index (κ2) is 9.30. The van der Waals surface area contributed by atoms with Gasteiger partial charge in [-0.05, 0) is 50.6 Å². The van der Waals surface area contributed by atoms with Gasteiger partial charge >= 0.3 is 0 Å². The maximum absolute atomic E-state index is 12.3. The first kappa shape index (κ1) is 19.2. The zero-order valence-corrected chi connectivity index (χ0v) is 14.7. The van der Waals surface area contributed by atoms with Crippen LogP contribution in [0.15, 0.2) is 24.3 Å². The molecular weight excluding hydrogens is 290 g/mol. The standard InChI is InChI=1S/C18H29N3O2/c1-5-11-21(12-6-2)13-15-7-9-16(10-8-15)18(23)20(4)14(3)17(19)22/h7-10,14H,5-6,11-13H2,1-4H3,(H2,19,22)/t14-/m0/s1. The molecule has 0 aliphatic carbocycles. The molecule has 0 radical (unpaired) electrons. The highest BCUT2D eigenvalue weighted by Crippen LogP contribution is 2.11. The van der Waals surface area contributed by atoms with E-state index in [1.54, 1.807) is 14.0 Å². The van der Waals surface area contributed by atoms with E-state index in [-0.39, 0.29) is 5.91 Å². The van der Waals surface area contributed by atoms with Crippen molar-refractivity contribution < 1.29 is 9.59 Å². The number of nitrogens with zero attached hydrogens (tertiary/aromatic N) is 2. The molecule has 5 nitrogen and oxygen atoms in total. The summed E-state index contributed by atoms with van der Waals surface area (Å²) in [6.07, 6.45) is 2.26. The molecule has 23 heavy (non-hydrogen) atoms. The molecule has 0 bridgehead atoms. The fourth-order valence-corrected chi connectivity index (χ4v) is 2.48. The molecule has 0 saturated heterocycles. The van der Waals surface area contributed by atoms with Crippen LogP contribution in [0.1, 0.15) is 49.5 Å². The van der Waals surface area contributed by atoms with E-state index in [0.717, 1.165) is 32.5 Å². The van der Waals surface area contributed by atoms with Gasteiger partial charge in [-0.15, -0.1) is 0 Å². The van der Waals surface area contributed by atoms with E-state index in [0.29, 0.717) is 5.56 Å². The zero-order chi connectivity index (χ0) is 17.4. The second-order valence-corrected chi connectivity index (χ2v) is 5.97. The summed E-state index contributed by atoms with van der Waals surface area (Å²) in [4.78, 5) is 27.3. The number of carbonyl (C=O) groups is 2. The van der Waals surface area contributed by atoms with Gasteiger partial charge in [0.2, 0.25) is 5.91 Å². The Hall–Kier alpha value is -1.88. The number of hydrogen-bond donors (Lipinski definition) is 1. The number of likely N-dealkylation sites (N-methyl/N-ethyl adjacent to an activating group) is 1. The van der Waals surface area contributed by atoms with Crippen molar-refractivity contribution in [2.24, 2.45) is 5.73 Å². The lowest BCUT2D eigenvalue weighted by Crippen LogP contribution is -2.43. The van der Waals surface area contributed by atoms with E-state index in [9.17, 15) is 9.59 Å². The highest BCUT2D eigenvalue weighted by Gasteiger charge is 2.21. The van der Waals surface area contributed by atoms with Crippen molar-refractivity contribution in [1.29, 1.82) is 0 Å². The summed E-state index contributed by atoms with van der Waals surface area (Å²) < 4.78 is 0. The summed E-state index contributed by atoms with van der Waals surface area (Å²) in [5.74, 6) is -0.700. The fraction of sp³-hybridized carbons (Fsp3) is 0.556. The van der Waals surface area contributed by atoms with Crippen LogP contribution in [-0.2, 0) is 11.3 Å². The molecule has 0 heterocycles. The minimum atomic E-state index is -0.619. The van der Waals surface area contributed by atoms with Crippen LogP contribution < -0.4 is 5.73 Å². The summed E-state index contributed by atoms with van der Waals surface area (Å²) >= 11 is 0. The molecule has 5 heteroatoms. The lowest BCUT2D eigenvalue weighted by molar-refractivity contribution is -0.121. The largest absolute Gasteiger partial charge is 0.368 e. The van der Waals surface area contributed by atoms with Crippen LogP contribution in [0.5, 0.6) is 0 Å². The molecule has 0 saturated carbocycles. The van der Waals surface area contributed by atoms with Crippen molar-refractivity contribution in [3.05, 3.63) is 35.4 Å². The van der Waals surface area contributed by atoms with Gasteiger partial charge in [-0.25, -0.2) is 0 Å². The van der Waals surface area contributed by atoms with E-state index in [2.05, 4.69) is 18.7 Å². The summed E-state index contributed by atoms with van der Waals surface area (Å²) in [6, 6.07) is 6.98. The maximum atomic E-state index is 12.3. The molecule has 0 fully saturated rings. The van der Waals surface area contributed by atoms with Gasteiger partial charge in [0.1, 0.15) is 6.04 Å². The number of nitrogens with two attached hydrogens (primary N) is 1. The first-order valence-corrected chi connectivity index (χ1v) is 8.28. The third kappa shape index (κ3) is 5.67. The van der Waals surface area contributed by atoms with Gasteiger partial charge in [-0.1, -0.05) is 26.0 Å². The molecule has 2 N–H and O–H groups in total. The first-order chi connectivity index (χ1) is 10.9. The van der Waals surface area contributed by atoms with Crippen molar-refractivity contribution in [3.8, 4) is 0 Å². The van der Waals surface area contributed by atoms with Crippen LogP contribution in [0.3, 0.4) is 0 Å². The lowest BCUT2D eigenvalue weighted by Gasteiger charge is -2.23. The molecule has 0 aliphatic rings. The molecule has 1 atom stereocenters. The number of amides is 2. The first-order valence-electron chi connectivity index (χ1n) is 8.28. The zero-order valence-electron chi connectivity index (χ0n) is 14.7. The SMILES string of the molecule is CCCN(CCC)Cc1ccc(C(=O)N(C)[C@@H](C)C(N)=O)cc1. The monoisotopic (exact) mass is 319 g/mol. The van der Waals surface area contributed by atoms with Gasteiger partial charge in [0.15, 0.2) is 0 Å². The second-order valence-electron chi connectivity index (χ2n) is 5.97. The van der Waals surface area contributed by atoms with Gasteiger partial charge in [-0.2, -0.15) is 0 Å². The molecular formula is C18H29N3O2. The highest BCUT2D eigenvalue weighted by atomic mass is 16.2. The summed E-state index contributed by atoms with van der Waals surface area (Å²) in [5, 5.41) is 0. The van der Waals surface area contributed by atoms with Gasteiger partial charge in [0.05, 0.1) is 0 Å².